The van der Waals surface area contributed by atoms with Crippen molar-refractivity contribution in [2.75, 3.05) is 19.6 Å². The second kappa shape index (κ2) is 6.98. The Bertz CT molecular complexity index is 630. The molecule has 1 saturated carbocycles. The van der Waals surface area contributed by atoms with Gasteiger partial charge in [-0.2, -0.15) is 0 Å². The average molecular weight is 331 g/mol. The summed E-state index contributed by atoms with van der Waals surface area (Å²) in [5, 5.41) is 9.16. The molecule has 1 saturated heterocycles. The van der Waals surface area contributed by atoms with E-state index in [0.29, 0.717) is 31.1 Å². The first-order chi connectivity index (χ1) is 11.6. The standard InChI is InChI=1S/C17H21N3O4/c21-15(22)9-14-17(24)19(11-12-3-1-4-12)7-8-20(14)16(23)13-5-2-6-18-10-13/h2,5-6,10,12,14H,1,3-4,7-9,11H2,(H,21,22). The van der Waals surface area contributed by atoms with Crippen LogP contribution in [0.3, 0.4) is 0 Å². The van der Waals surface area contributed by atoms with Crippen molar-refractivity contribution < 1.29 is 19.5 Å². The van der Waals surface area contributed by atoms with Gasteiger partial charge in [-0.15, -0.1) is 0 Å². The molecule has 2 aliphatic rings. The molecule has 2 fully saturated rings. The summed E-state index contributed by atoms with van der Waals surface area (Å²) in [6, 6.07) is 2.33. The number of amides is 2. The molecule has 128 valence electrons. The van der Waals surface area contributed by atoms with Crippen LogP contribution in [0, 0.1) is 5.92 Å². The third kappa shape index (κ3) is 3.39. The second-order valence-corrected chi connectivity index (χ2v) is 6.44. The van der Waals surface area contributed by atoms with Gasteiger partial charge in [0.25, 0.3) is 5.91 Å². The van der Waals surface area contributed by atoms with Crippen LogP contribution in [-0.4, -0.2) is 63.4 Å². The summed E-state index contributed by atoms with van der Waals surface area (Å²) in [6.45, 7) is 1.48. The van der Waals surface area contributed by atoms with Crippen LogP contribution in [0.15, 0.2) is 24.5 Å². The highest BCUT2D eigenvalue weighted by atomic mass is 16.4. The quantitative estimate of drug-likeness (QED) is 0.869. The fourth-order valence-electron chi connectivity index (χ4n) is 3.27. The van der Waals surface area contributed by atoms with E-state index in [2.05, 4.69) is 4.98 Å². The number of rotatable bonds is 5. The highest BCUT2D eigenvalue weighted by Crippen LogP contribution is 2.28. The number of aromatic nitrogens is 1. The molecule has 2 amide bonds. The van der Waals surface area contributed by atoms with Crippen molar-refractivity contribution in [1.82, 2.24) is 14.8 Å². The highest BCUT2D eigenvalue weighted by Gasteiger charge is 2.40. The van der Waals surface area contributed by atoms with E-state index >= 15 is 0 Å². The topological polar surface area (TPSA) is 90.8 Å². The Kier molecular flexibility index (Phi) is 4.78. The predicted molar refractivity (Wildman–Crippen MR) is 85.2 cm³/mol. The Balaban J connectivity index is 1.77. The molecule has 0 spiro atoms. The molecule has 1 atom stereocenters. The third-order valence-corrected chi connectivity index (χ3v) is 4.82. The molecule has 7 heteroatoms. The normalized spacial score (nSPS) is 21.5. The fourth-order valence-corrected chi connectivity index (χ4v) is 3.27. The molecule has 1 aliphatic carbocycles. The van der Waals surface area contributed by atoms with Gasteiger partial charge in [0.1, 0.15) is 6.04 Å². The van der Waals surface area contributed by atoms with Crippen LogP contribution in [0.25, 0.3) is 0 Å². The first-order valence-electron chi connectivity index (χ1n) is 8.28. The van der Waals surface area contributed by atoms with Gasteiger partial charge in [-0.25, -0.2) is 0 Å². The van der Waals surface area contributed by atoms with Gasteiger partial charge in [-0.3, -0.25) is 19.4 Å². The van der Waals surface area contributed by atoms with Crippen LogP contribution in [0.4, 0.5) is 0 Å². The summed E-state index contributed by atoms with van der Waals surface area (Å²) in [4.78, 5) is 43.6. The smallest absolute Gasteiger partial charge is 0.305 e. The predicted octanol–water partition coefficient (Wildman–Crippen LogP) is 1.01. The largest absolute Gasteiger partial charge is 0.481 e. The SMILES string of the molecule is O=C(O)CC1C(=O)N(CC2CCC2)CCN1C(=O)c1cccnc1. The van der Waals surface area contributed by atoms with Crippen molar-refractivity contribution in [3.05, 3.63) is 30.1 Å². The van der Waals surface area contributed by atoms with Crippen LogP contribution in [0.5, 0.6) is 0 Å². The summed E-state index contributed by atoms with van der Waals surface area (Å²) >= 11 is 0. The Morgan fingerprint density at radius 3 is 2.67 bits per heavy atom. The van der Waals surface area contributed by atoms with Gasteiger partial charge in [0.2, 0.25) is 5.91 Å². The summed E-state index contributed by atoms with van der Waals surface area (Å²) in [7, 11) is 0. The van der Waals surface area contributed by atoms with E-state index < -0.39 is 12.0 Å². The molecule has 1 aliphatic heterocycles. The maximum absolute atomic E-state index is 12.7. The molecule has 0 bridgehead atoms. The number of carbonyl (C=O) groups is 3. The molecular weight excluding hydrogens is 310 g/mol. The number of hydrogen-bond acceptors (Lipinski definition) is 4. The molecule has 3 rings (SSSR count). The van der Waals surface area contributed by atoms with Gasteiger partial charge < -0.3 is 14.9 Å². The van der Waals surface area contributed by atoms with E-state index in [1.165, 1.54) is 17.5 Å². The van der Waals surface area contributed by atoms with Crippen molar-refractivity contribution in [3.8, 4) is 0 Å². The number of carboxylic acids is 1. The molecule has 1 N–H and O–H groups in total. The van der Waals surface area contributed by atoms with Gasteiger partial charge in [0.05, 0.1) is 12.0 Å². The zero-order valence-electron chi connectivity index (χ0n) is 13.4. The molecule has 0 aromatic carbocycles. The number of nitrogens with zero attached hydrogens (tertiary/aromatic N) is 3. The molecule has 1 aromatic rings. The zero-order valence-corrected chi connectivity index (χ0v) is 13.4. The van der Waals surface area contributed by atoms with Crippen LogP contribution >= 0.6 is 0 Å². The van der Waals surface area contributed by atoms with Gasteiger partial charge in [-0.1, -0.05) is 6.42 Å². The lowest BCUT2D eigenvalue weighted by atomic mass is 9.85. The van der Waals surface area contributed by atoms with Crippen molar-refractivity contribution in [2.24, 2.45) is 5.92 Å². The average Bonchev–Trinajstić information content (AvgIpc) is 2.54. The molecule has 1 aromatic heterocycles. The van der Waals surface area contributed by atoms with Gasteiger partial charge >= 0.3 is 5.97 Å². The minimum absolute atomic E-state index is 0.257. The first-order valence-corrected chi connectivity index (χ1v) is 8.28. The van der Waals surface area contributed by atoms with Crippen molar-refractivity contribution in [2.45, 2.75) is 31.7 Å². The number of aliphatic carboxylic acids is 1. The second-order valence-electron chi connectivity index (χ2n) is 6.44. The van der Waals surface area contributed by atoms with Gasteiger partial charge in [0, 0.05) is 32.0 Å². The number of carboxylic acid groups (broad SMARTS) is 1. The van der Waals surface area contributed by atoms with Crippen molar-refractivity contribution in [1.29, 1.82) is 0 Å². The van der Waals surface area contributed by atoms with E-state index in [1.807, 2.05) is 0 Å². The highest BCUT2D eigenvalue weighted by molar-refractivity contribution is 5.99. The lowest BCUT2D eigenvalue weighted by Gasteiger charge is -2.42. The monoisotopic (exact) mass is 331 g/mol. The number of carbonyl (C=O) groups excluding carboxylic acids is 2. The molecule has 24 heavy (non-hydrogen) atoms. The van der Waals surface area contributed by atoms with Crippen LogP contribution in [-0.2, 0) is 9.59 Å². The molecule has 1 unspecified atom stereocenters. The van der Waals surface area contributed by atoms with E-state index in [4.69, 9.17) is 5.11 Å². The maximum Gasteiger partial charge on any atom is 0.305 e. The molecule has 2 heterocycles. The molecular formula is C17H21N3O4. The summed E-state index contributed by atoms with van der Waals surface area (Å²) in [5.74, 6) is -1.17. The Labute approximate surface area is 140 Å². The van der Waals surface area contributed by atoms with E-state index in [0.717, 1.165) is 12.8 Å². The Morgan fingerprint density at radius 1 is 1.29 bits per heavy atom. The Hall–Kier alpha value is -2.44. The van der Waals surface area contributed by atoms with E-state index in [-0.39, 0.29) is 18.2 Å². The van der Waals surface area contributed by atoms with E-state index in [9.17, 15) is 14.4 Å². The van der Waals surface area contributed by atoms with Crippen molar-refractivity contribution in [3.63, 3.8) is 0 Å². The van der Waals surface area contributed by atoms with Gasteiger partial charge in [0.15, 0.2) is 0 Å². The Morgan fingerprint density at radius 2 is 2.08 bits per heavy atom. The number of piperazine rings is 1. The lowest BCUT2D eigenvalue weighted by Crippen LogP contribution is -2.60. The zero-order chi connectivity index (χ0) is 17.1. The van der Waals surface area contributed by atoms with Crippen LogP contribution in [0.2, 0.25) is 0 Å². The summed E-state index contributed by atoms with van der Waals surface area (Å²) < 4.78 is 0. The minimum Gasteiger partial charge on any atom is -0.481 e. The van der Waals surface area contributed by atoms with Crippen LogP contribution in [0.1, 0.15) is 36.0 Å². The van der Waals surface area contributed by atoms with Crippen LogP contribution < -0.4 is 0 Å². The lowest BCUT2D eigenvalue weighted by molar-refractivity contribution is -0.148. The molecule has 7 nitrogen and oxygen atoms in total. The van der Waals surface area contributed by atoms with E-state index in [1.54, 1.807) is 23.2 Å². The minimum atomic E-state index is -1.08. The maximum atomic E-state index is 12.7. The third-order valence-electron chi connectivity index (χ3n) is 4.82. The summed E-state index contributed by atoms with van der Waals surface area (Å²) in [5.41, 5.74) is 0.369. The van der Waals surface area contributed by atoms with Crippen molar-refractivity contribution >= 4 is 17.8 Å². The molecule has 0 radical (unpaired) electrons. The number of hydrogen-bond donors (Lipinski definition) is 1. The fraction of sp³-hybridized carbons (Fsp3) is 0.529. The summed E-state index contributed by atoms with van der Waals surface area (Å²) in [6.07, 6.45) is 6.05. The van der Waals surface area contributed by atoms with Gasteiger partial charge in [-0.05, 0) is 30.9 Å². The first kappa shape index (κ1) is 16.4. The number of pyridine rings is 1.